The van der Waals surface area contributed by atoms with Crippen LogP contribution in [0.5, 0.6) is 0 Å². The van der Waals surface area contributed by atoms with Gasteiger partial charge in [-0.2, -0.15) is 0 Å². The number of hydrogen-bond acceptors (Lipinski definition) is 2. The van der Waals surface area contributed by atoms with Gasteiger partial charge in [-0.3, -0.25) is 0 Å². The van der Waals surface area contributed by atoms with Gasteiger partial charge < -0.3 is 9.52 Å². The van der Waals surface area contributed by atoms with E-state index in [1.165, 1.54) is 0 Å². The zero-order valence-corrected chi connectivity index (χ0v) is 6.16. The fourth-order valence-electron chi connectivity index (χ4n) is 0.817. The molecule has 0 aliphatic rings. The summed E-state index contributed by atoms with van der Waals surface area (Å²) in [4.78, 5) is 0. The van der Waals surface area contributed by atoms with Gasteiger partial charge in [0.25, 0.3) is 0 Å². The Labute approximate surface area is 65.8 Å². The second kappa shape index (κ2) is 3.85. The van der Waals surface area contributed by atoms with Crippen LogP contribution in [-0.2, 0) is 6.42 Å². The van der Waals surface area contributed by atoms with Crippen molar-refractivity contribution in [3.8, 4) is 12.3 Å². The lowest BCUT2D eigenvalue weighted by atomic mass is 10.2. The summed E-state index contributed by atoms with van der Waals surface area (Å²) in [6, 6.07) is 3.68. The highest BCUT2D eigenvalue weighted by atomic mass is 16.3. The Morgan fingerprint density at radius 2 is 2.55 bits per heavy atom. The molecule has 1 aromatic rings. The first-order valence-electron chi connectivity index (χ1n) is 3.49. The molecule has 0 aliphatic heterocycles. The number of aliphatic hydroxyl groups excluding tert-OH is 1. The standard InChI is InChI=1S/C9H10O2/c1-2-8(10)5-6-9-4-3-7-11-9/h1,3-4,7-8,10H,5-6H2/t8-/m1/s1. The Balaban J connectivity index is 2.30. The zero-order valence-electron chi connectivity index (χ0n) is 6.16. The summed E-state index contributed by atoms with van der Waals surface area (Å²) >= 11 is 0. The van der Waals surface area contributed by atoms with Crippen molar-refractivity contribution in [3.05, 3.63) is 24.2 Å². The molecule has 1 heterocycles. The van der Waals surface area contributed by atoms with Crippen LogP contribution in [0, 0.1) is 12.3 Å². The third-order valence-corrected chi connectivity index (χ3v) is 1.44. The first kappa shape index (κ1) is 7.90. The van der Waals surface area contributed by atoms with E-state index in [2.05, 4.69) is 5.92 Å². The average molecular weight is 150 g/mol. The third-order valence-electron chi connectivity index (χ3n) is 1.44. The summed E-state index contributed by atoms with van der Waals surface area (Å²) in [5, 5.41) is 8.98. The van der Waals surface area contributed by atoms with Gasteiger partial charge in [0.05, 0.1) is 6.26 Å². The van der Waals surface area contributed by atoms with Crippen LogP contribution >= 0.6 is 0 Å². The first-order valence-corrected chi connectivity index (χ1v) is 3.49. The summed E-state index contributed by atoms with van der Waals surface area (Å²) in [7, 11) is 0. The Morgan fingerprint density at radius 3 is 3.09 bits per heavy atom. The Kier molecular flexibility index (Phi) is 2.76. The molecule has 2 heteroatoms. The fraction of sp³-hybridized carbons (Fsp3) is 0.333. The van der Waals surface area contributed by atoms with E-state index in [9.17, 15) is 0 Å². The molecule has 2 nitrogen and oxygen atoms in total. The lowest BCUT2D eigenvalue weighted by molar-refractivity contribution is 0.219. The molecule has 0 amide bonds. The number of furan rings is 1. The molecule has 0 aromatic carbocycles. The van der Waals surface area contributed by atoms with Crippen molar-refractivity contribution in [1.82, 2.24) is 0 Å². The van der Waals surface area contributed by atoms with Crippen molar-refractivity contribution in [2.24, 2.45) is 0 Å². The van der Waals surface area contributed by atoms with Crippen molar-refractivity contribution in [1.29, 1.82) is 0 Å². The minimum Gasteiger partial charge on any atom is -0.469 e. The van der Waals surface area contributed by atoms with Crippen molar-refractivity contribution in [2.45, 2.75) is 18.9 Å². The first-order chi connectivity index (χ1) is 5.33. The van der Waals surface area contributed by atoms with Gasteiger partial charge in [-0.15, -0.1) is 6.42 Å². The van der Waals surface area contributed by atoms with Gasteiger partial charge in [-0.05, 0) is 18.6 Å². The molecule has 0 radical (unpaired) electrons. The fourth-order valence-corrected chi connectivity index (χ4v) is 0.817. The molecule has 0 saturated heterocycles. The van der Waals surface area contributed by atoms with Gasteiger partial charge in [-0.25, -0.2) is 0 Å². The maximum Gasteiger partial charge on any atom is 0.114 e. The molecule has 1 N–H and O–H groups in total. The highest BCUT2D eigenvalue weighted by Gasteiger charge is 2.00. The van der Waals surface area contributed by atoms with Crippen molar-refractivity contribution < 1.29 is 9.52 Å². The molecular weight excluding hydrogens is 140 g/mol. The lowest BCUT2D eigenvalue weighted by Crippen LogP contribution is -2.03. The van der Waals surface area contributed by atoms with Gasteiger partial charge in [0, 0.05) is 6.42 Å². The third kappa shape index (κ3) is 2.48. The molecule has 1 aromatic heterocycles. The van der Waals surface area contributed by atoms with E-state index in [-0.39, 0.29) is 0 Å². The number of aryl methyl sites for hydroxylation is 1. The Hall–Kier alpha value is -1.20. The Bertz CT molecular complexity index is 231. The molecule has 0 unspecified atom stereocenters. The van der Waals surface area contributed by atoms with E-state index in [1.807, 2.05) is 12.1 Å². The van der Waals surface area contributed by atoms with Crippen LogP contribution in [0.4, 0.5) is 0 Å². The summed E-state index contributed by atoms with van der Waals surface area (Å²) in [6.45, 7) is 0. The highest BCUT2D eigenvalue weighted by molar-refractivity contribution is 5.01. The lowest BCUT2D eigenvalue weighted by Gasteiger charge is -1.99. The van der Waals surface area contributed by atoms with E-state index in [0.29, 0.717) is 12.8 Å². The summed E-state index contributed by atoms with van der Waals surface area (Å²) in [5.41, 5.74) is 0. The van der Waals surface area contributed by atoms with Gasteiger partial charge in [0.2, 0.25) is 0 Å². The largest absolute Gasteiger partial charge is 0.469 e. The molecule has 0 aliphatic carbocycles. The minimum absolute atomic E-state index is 0.560. The van der Waals surface area contributed by atoms with Crippen LogP contribution in [0.2, 0.25) is 0 Å². The molecule has 0 saturated carbocycles. The normalized spacial score (nSPS) is 12.4. The van der Waals surface area contributed by atoms with Crippen LogP contribution in [0.25, 0.3) is 0 Å². The minimum atomic E-state index is -0.653. The van der Waals surface area contributed by atoms with Crippen LogP contribution in [-0.4, -0.2) is 11.2 Å². The summed E-state index contributed by atoms with van der Waals surface area (Å²) in [5.74, 6) is 3.10. The van der Waals surface area contributed by atoms with Crippen LogP contribution in [0.1, 0.15) is 12.2 Å². The van der Waals surface area contributed by atoms with Gasteiger partial charge in [-0.1, -0.05) is 5.92 Å². The van der Waals surface area contributed by atoms with Gasteiger partial charge in [0.15, 0.2) is 0 Å². The number of terminal acetylenes is 1. The highest BCUT2D eigenvalue weighted by Crippen LogP contribution is 2.04. The van der Waals surface area contributed by atoms with Crippen LogP contribution < -0.4 is 0 Å². The maximum atomic E-state index is 8.98. The molecule has 0 spiro atoms. The quantitative estimate of drug-likeness (QED) is 0.657. The van der Waals surface area contributed by atoms with Gasteiger partial charge in [0.1, 0.15) is 11.9 Å². The molecule has 1 atom stereocenters. The SMILES string of the molecule is C#C[C@@H](O)CCc1ccco1. The molecule has 0 bridgehead atoms. The topological polar surface area (TPSA) is 33.4 Å². The van der Waals surface area contributed by atoms with Crippen molar-refractivity contribution in [2.75, 3.05) is 0 Å². The van der Waals surface area contributed by atoms with Crippen LogP contribution in [0.15, 0.2) is 22.8 Å². The monoisotopic (exact) mass is 150 g/mol. The molecule has 1 rings (SSSR count). The molecule has 11 heavy (non-hydrogen) atoms. The zero-order chi connectivity index (χ0) is 8.10. The second-order valence-corrected chi connectivity index (χ2v) is 2.30. The molecular formula is C9H10O2. The Morgan fingerprint density at radius 1 is 1.73 bits per heavy atom. The summed E-state index contributed by atoms with van der Waals surface area (Å²) < 4.78 is 5.05. The predicted octanol–water partition coefficient (Wildman–Crippen LogP) is 1.21. The van der Waals surface area contributed by atoms with E-state index in [4.69, 9.17) is 15.9 Å². The predicted molar refractivity (Wildman–Crippen MR) is 41.9 cm³/mol. The van der Waals surface area contributed by atoms with Gasteiger partial charge >= 0.3 is 0 Å². The van der Waals surface area contributed by atoms with E-state index in [1.54, 1.807) is 6.26 Å². The second-order valence-electron chi connectivity index (χ2n) is 2.30. The summed E-state index contributed by atoms with van der Waals surface area (Å²) in [6.07, 6.45) is 7.19. The van der Waals surface area contributed by atoms with Crippen molar-refractivity contribution >= 4 is 0 Å². The van der Waals surface area contributed by atoms with Crippen molar-refractivity contribution in [3.63, 3.8) is 0 Å². The number of hydrogen-bond donors (Lipinski definition) is 1. The average Bonchev–Trinajstić information content (AvgIpc) is 2.52. The number of aliphatic hydroxyl groups is 1. The maximum absolute atomic E-state index is 8.98. The van der Waals surface area contributed by atoms with Crippen LogP contribution in [0.3, 0.4) is 0 Å². The number of rotatable bonds is 3. The molecule has 0 fully saturated rings. The van der Waals surface area contributed by atoms with E-state index >= 15 is 0 Å². The smallest absolute Gasteiger partial charge is 0.114 e. The van der Waals surface area contributed by atoms with E-state index < -0.39 is 6.10 Å². The van der Waals surface area contributed by atoms with E-state index in [0.717, 1.165) is 5.76 Å². The molecule has 58 valence electrons.